The summed E-state index contributed by atoms with van der Waals surface area (Å²) in [5.74, 6) is 0.362. The summed E-state index contributed by atoms with van der Waals surface area (Å²) < 4.78 is 27.5. The highest BCUT2D eigenvalue weighted by molar-refractivity contribution is 5.95. The van der Waals surface area contributed by atoms with Gasteiger partial charge in [-0.25, -0.2) is 4.79 Å². The Morgan fingerprint density at radius 1 is 1.02 bits per heavy atom. The van der Waals surface area contributed by atoms with E-state index < -0.39 is 5.60 Å². The van der Waals surface area contributed by atoms with Gasteiger partial charge in [-0.3, -0.25) is 9.59 Å². The molecule has 238 valence electrons. The van der Waals surface area contributed by atoms with Gasteiger partial charge in [-0.1, -0.05) is 6.92 Å². The molecule has 1 aliphatic heterocycles. The van der Waals surface area contributed by atoms with Crippen LogP contribution in [0.1, 0.15) is 78.1 Å². The summed E-state index contributed by atoms with van der Waals surface area (Å²) in [7, 11) is 3.21. The summed E-state index contributed by atoms with van der Waals surface area (Å²) in [4.78, 5) is 43.2. The number of carbonyl (C=O) groups is 3. The lowest BCUT2D eigenvalue weighted by molar-refractivity contribution is -0.148. The topological polar surface area (TPSA) is 104 Å². The van der Waals surface area contributed by atoms with Crippen molar-refractivity contribution in [2.75, 3.05) is 53.7 Å². The molecule has 10 nitrogen and oxygen atoms in total. The number of methoxy groups -OCH3 is 2. The highest BCUT2D eigenvalue weighted by atomic mass is 16.6. The van der Waals surface area contributed by atoms with E-state index in [1.807, 2.05) is 46.4 Å². The SMILES string of the molecule is CCOC(=O)[C@@H](CC)C[C@H]1CN(C(=O)OC(C)(C)C)C[C@H]1CN(C(=O)c1ccc(OC)c(OCCCOC)c1)C(C)C. The van der Waals surface area contributed by atoms with Gasteiger partial charge in [0.15, 0.2) is 11.5 Å². The molecule has 0 bridgehead atoms. The smallest absolute Gasteiger partial charge is 0.410 e. The van der Waals surface area contributed by atoms with Crippen LogP contribution in [-0.4, -0.2) is 93.1 Å². The second-order valence-electron chi connectivity index (χ2n) is 12.1. The quantitative estimate of drug-likeness (QED) is 0.196. The van der Waals surface area contributed by atoms with E-state index in [2.05, 4.69) is 0 Å². The third-order valence-corrected chi connectivity index (χ3v) is 7.40. The molecule has 0 aromatic heterocycles. The van der Waals surface area contributed by atoms with Gasteiger partial charge in [0.2, 0.25) is 0 Å². The van der Waals surface area contributed by atoms with E-state index in [0.29, 0.717) is 75.8 Å². The summed E-state index contributed by atoms with van der Waals surface area (Å²) in [6.07, 6.45) is 1.53. The number of nitrogens with zero attached hydrogens (tertiary/aromatic N) is 2. The Balaban J connectivity index is 2.32. The molecule has 1 aromatic rings. The van der Waals surface area contributed by atoms with Gasteiger partial charge in [0.1, 0.15) is 5.60 Å². The molecule has 1 fully saturated rings. The van der Waals surface area contributed by atoms with E-state index in [1.165, 1.54) is 0 Å². The number of likely N-dealkylation sites (tertiary alicyclic amines) is 1. The highest BCUT2D eigenvalue weighted by Gasteiger charge is 2.41. The third kappa shape index (κ3) is 10.4. The highest BCUT2D eigenvalue weighted by Crippen LogP contribution is 2.34. The number of hydrogen-bond acceptors (Lipinski definition) is 8. The third-order valence-electron chi connectivity index (χ3n) is 7.40. The van der Waals surface area contributed by atoms with Crippen molar-refractivity contribution in [2.24, 2.45) is 17.8 Å². The molecule has 1 aliphatic rings. The molecule has 0 spiro atoms. The Morgan fingerprint density at radius 2 is 1.71 bits per heavy atom. The van der Waals surface area contributed by atoms with Gasteiger partial charge >= 0.3 is 12.1 Å². The molecule has 2 rings (SSSR count). The van der Waals surface area contributed by atoms with Crippen LogP contribution in [0.4, 0.5) is 4.79 Å². The Kier molecular flexibility index (Phi) is 13.9. The van der Waals surface area contributed by atoms with E-state index in [1.54, 1.807) is 44.2 Å². The molecule has 0 radical (unpaired) electrons. The van der Waals surface area contributed by atoms with E-state index in [9.17, 15) is 14.4 Å². The van der Waals surface area contributed by atoms with Gasteiger partial charge < -0.3 is 33.5 Å². The maximum Gasteiger partial charge on any atom is 0.410 e. The number of carbonyl (C=O) groups excluding carboxylic acids is 3. The predicted octanol–water partition coefficient (Wildman–Crippen LogP) is 5.42. The first-order valence-electron chi connectivity index (χ1n) is 15.1. The maximum absolute atomic E-state index is 13.9. The van der Waals surface area contributed by atoms with Crippen LogP contribution in [0.15, 0.2) is 18.2 Å². The Hall–Kier alpha value is -3.01. The number of rotatable bonds is 15. The zero-order chi connectivity index (χ0) is 31.4. The molecular formula is C32H52N2O8. The van der Waals surface area contributed by atoms with E-state index in [0.717, 1.165) is 0 Å². The van der Waals surface area contributed by atoms with Gasteiger partial charge in [0, 0.05) is 51.4 Å². The fourth-order valence-electron chi connectivity index (χ4n) is 5.20. The van der Waals surface area contributed by atoms with Crippen LogP contribution in [0.3, 0.4) is 0 Å². The summed E-state index contributed by atoms with van der Waals surface area (Å²) in [6, 6.07) is 5.10. The Bertz CT molecular complexity index is 1020. The standard InChI is InChI=1S/C32H52N2O8/c1-10-23(30(36)40-11-2)17-25-19-33(31(37)42-32(5,6)7)20-26(25)21-34(22(3)4)29(35)24-13-14-27(39-9)28(18-24)41-16-12-15-38-8/h13-14,18,22-23,25-26H,10-12,15-17,19-21H2,1-9H3/t23-,25-,26-/m0/s1. The van der Waals surface area contributed by atoms with Crippen LogP contribution in [-0.2, 0) is 19.0 Å². The van der Waals surface area contributed by atoms with Crippen LogP contribution in [0.5, 0.6) is 11.5 Å². The number of hydrogen-bond donors (Lipinski definition) is 0. The van der Waals surface area contributed by atoms with Gasteiger partial charge in [0.05, 0.1) is 26.2 Å². The molecule has 1 saturated heterocycles. The second-order valence-corrected chi connectivity index (χ2v) is 12.1. The van der Waals surface area contributed by atoms with Crippen molar-refractivity contribution in [2.45, 2.75) is 79.4 Å². The molecular weight excluding hydrogens is 540 g/mol. The summed E-state index contributed by atoms with van der Waals surface area (Å²) in [5, 5.41) is 0. The van der Waals surface area contributed by atoms with Crippen LogP contribution in [0.2, 0.25) is 0 Å². The van der Waals surface area contributed by atoms with E-state index >= 15 is 0 Å². The van der Waals surface area contributed by atoms with Gasteiger partial charge in [-0.15, -0.1) is 0 Å². The molecule has 1 heterocycles. The van der Waals surface area contributed by atoms with E-state index in [4.69, 9.17) is 23.7 Å². The average Bonchev–Trinajstić information content (AvgIpc) is 3.33. The number of ether oxygens (including phenoxy) is 5. The van der Waals surface area contributed by atoms with Crippen molar-refractivity contribution >= 4 is 18.0 Å². The molecule has 42 heavy (non-hydrogen) atoms. The average molecular weight is 593 g/mol. The predicted molar refractivity (Wildman–Crippen MR) is 161 cm³/mol. The van der Waals surface area contributed by atoms with Gasteiger partial charge in [0.25, 0.3) is 5.91 Å². The van der Waals surface area contributed by atoms with Gasteiger partial charge in [-0.2, -0.15) is 0 Å². The fourth-order valence-corrected chi connectivity index (χ4v) is 5.20. The minimum Gasteiger partial charge on any atom is -0.493 e. The second kappa shape index (κ2) is 16.6. The maximum atomic E-state index is 13.9. The fraction of sp³-hybridized carbons (Fsp3) is 0.719. The zero-order valence-electron chi connectivity index (χ0n) is 27.1. The van der Waals surface area contributed by atoms with Crippen LogP contribution < -0.4 is 9.47 Å². The Morgan fingerprint density at radius 3 is 2.29 bits per heavy atom. The first-order chi connectivity index (χ1) is 19.8. The first kappa shape index (κ1) is 35.2. The molecule has 0 aliphatic carbocycles. The zero-order valence-corrected chi connectivity index (χ0v) is 27.1. The number of benzene rings is 1. The lowest BCUT2D eigenvalue weighted by Gasteiger charge is -2.32. The monoisotopic (exact) mass is 592 g/mol. The lowest BCUT2D eigenvalue weighted by Crippen LogP contribution is -2.42. The molecule has 0 N–H and O–H groups in total. The summed E-state index contributed by atoms with van der Waals surface area (Å²) >= 11 is 0. The summed E-state index contributed by atoms with van der Waals surface area (Å²) in [5.41, 5.74) is -0.137. The normalized spacial score (nSPS) is 17.6. The van der Waals surface area contributed by atoms with Crippen LogP contribution >= 0.6 is 0 Å². The van der Waals surface area contributed by atoms with Gasteiger partial charge in [-0.05, 0) is 84.4 Å². The lowest BCUT2D eigenvalue weighted by atomic mass is 9.85. The van der Waals surface area contributed by atoms with Crippen molar-refractivity contribution in [3.05, 3.63) is 23.8 Å². The van der Waals surface area contributed by atoms with Crippen molar-refractivity contribution in [1.29, 1.82) is 0 Å². The first-order valence-corrected chi connectivity index (χ1v) is 15.1. The Labute approximate surface area is 251 Å². The summed E-state index contributed by atoms with van der Waals surface area (Å²) in [6.45, 7) is 15.9. The molecule has 10 heteroatoms. The van der Waals surface area contributed by atoms with E-state index in [-0.39, 0.29) is 41.8 Å². The molecule has 2 amide bonds. The largest absolute Gasteiger partial charge is 0.493 e. The molecule has 0 saturated carbocycles. The van der Waals surface area contributed by atoms with Crippen molar-refractivity contribution in [3.63, 3.8) is 0 Å². The molecule has 1 aromatic carbocycles. The van der Waals surface area contributed by atoms with Crippen molar-refractivity contribution < 1.29 is 38.1 Å². The number of esters is 1. The van der Waals surface area contributed by atoms with Crippen LogP contribution in [0.25, 0.3) is 0 Å². The van der Waals surface area contributed by atoms with Crippen molar-refractivity contribution in [1.82, 2.24) is 9.80 Å². The molecule has 0 unspecified atom stereocenters. The molecule has 3 atom stereocenters. The number of amides is 2. The minimum atomic E-state index is -0.626. The van der Waals surface area contributed by atoms with Crippen molar-refractivity contribution in [3.8, 4) is 11.5 Å². The minimum absolute atomic E-state index is 0.00327. The van der Waals surface area contributed by atoms with Crippen LogP contribution in [0, 0.1) is 17.8 Å².